The molecule has 0 saturated carbocycles. The van der Waals surface area contributed by atoms with Crippen LogP contribution in [0.5, 0.6) is 5.75 Å². The van der Waals surface area contributed by atoms with Crippen LogP contribution in [0.1, 0.15) is 11.1 Å². The molecule has 0 aliphatic rings. The number of aliphatic hydroxyl groups is 1. The van der Waals surface area contributed by atoms with Crippen molar-refractivity contribution in [1.82, 2.24) is 0 Å². The molecule has 2 nitrogen and oxygen atoms in total. The van der Waals surface area contributed by atoms with E-state index in [0.29, 0.717) is 6.61 Å². The molecule has 1 N–H and O–H groups in total. The maximum Gasteiger partial charge on any atom is 0.122 e. The molecule has 0 amide bonds. The largest absolute Gasteiger partial charge is 0.491 e. The van der Waals surface area contributed by atoms with Crippen LogP contribution in [0, 0.1) is 13.8 Å². The van der Waals surface area contributed by atoms with Crippen LogP contribution < -0.4 is 4.74 Å². The quantitative estimate of drug-likeness (QED) is 0.886. The third-order valence-corrected chi connectivity index (χ3v) is 2.66. The van der Waals surface area contributed by atoms with Crippen LogP contribution >= 0.6 is 15.9 Å². The number of benzene rings is 1. The predicted octanol–water partition coefficient (Wildman–Crippen LogP) is 2.44. The second kappa shape index (κ2) is 4.63. The van der Waals surface area contributed by atoms with E-state index in [1.807, 2.05) is 26.0 Å². The molecule has 0 aromatic heterocycles. The molecule has 0 bridgehead atoms. The highest BCUT2D eigenvalue weighted by Crippen LogP contribution is 2.26. The Labute approximate surface area is 86.7 Å². The van der Waals surface area contributed by atoms with Gasteiger partial charge in [0.15, 0.2) is 0 Å². The van der Waals surface area contributed by atoms with Gasteiger partial charge >= 0.3 is 0 Å². The van der Waals surface area contributed by atoms with Gasteiger partial charge in [-0.1, -0.05) is 15.9 Å². The van der Waals surface area contributed by atoms with Crippen LogP contribution in [-0.2, 0) is 0 Å². The zero-order valence-electron chi connectivity index (χ0n) is 7.80. The number of ether oxygens (including phenoxy) is 1. The summed E-state index contributed by atoms with van der Waals surface area (Å²) in [5, 5.41) is 8.61. The number of aliphatic hydroxyl groups excluding tert-OH is 1. The summed E-state index contributed by atoms with van der Waals surface area (Å²) in [5.74, 6) is 0.842. The Morgan fingerprint density at radius 2 is 2.00 bits per heavy atom. The molecule has 1 aromatic rings. The summed E-state index contributed by atoms with van der Waals surface area (Å²) in [6, 6.07) is 3.98. The summed E-state index contributed by atoms with van der Waals surface area (Å²) in [7, 11) is 0. The summed E-state index contributed by atoms with van der Waals surface area (Å²) in [4.78, 5) is 0. The molecule has 0 fully saturated rings. The Kier molecular flexibility index (Phi) is 3.75. The van der Waals surface area contributed by atoms with E-state index in [1.165, 1.54) is 0 Å². The van der Waals surface area contributed by atoms with Gasteiger partial charge in [-0.05, 0) is 37.1 Å². The van der Waals surface area contributed by atoms with Gasteiger partial charge in [0.25, 0.3) is 0 Å². The molecule has 0 aliphatic heterocycles. The lowest BCUT2D eigenvalue weighted by molar-refractivity contribution is 0.200. The number of hydrogen-bond donors (Lipinski definition) is 1. The van der Waals surface area contributed by atoms with Gasteiger partial charge in [0, 0.05) is 4.47 Å². The summed E-state index contributed by atoms with van der Waals surface area (Å²) >= 11 is 3.44. The third kappa shape index (κ3) is 2.71. The minimum atomic E-state index is 0.0502. The number of rotatable bonds is 3. The number of aryl methyl sites for hydroxylation is 2. The van der Waals surface area contributed by atoms with Crippen LogP contribution in [0.2, 0.25) is 0 Å². The molecule has 0 aliphatic carbocycles. The van der Waals surface area contributed by atoms with E-state index < -0.39 is 0 Å². The first-order valence-electron chi connectivity index (χ1n) is 4.15. The molecule has 72 valence electrons. The van der Waals surface area contributed by atoms with Gasteiger partial charge in [-0.3, -0.25) is 0 Å². The molecular formula is C10H13BrO2. The van der Waals surface area contributed by atoms with Crippen molar-refractivity contribution < 1.29 is 9.84 Å². The lowest BCUT2D eigenvalue weighted by Crippen LogP contribution is -2.03. The Morgan fingerprint density at radius 1 is 1.31 bits per heavy atom. The van der Waals surface area contributed by atoms with E-state index in [0.717, 1.165) is 21.3 Å². The zero-order chi connectivity index (χ0) is 9.84. The van der Waals surface area contributed by atoms with Crippen molar-refractivity contribution in [3.05, 3.63) is 27.7 Å². The lowest BCUT2D eigenvalue weighted by Gasteiger charge is -2.09. The van der Waals surface area contributed by atoms with Crippen LogP contribution in [0.4, 0.5) is 0 Å². The fourth-order valence-electron chi connectivity index (χ4n) is 1.07. The molecule has 0 spiro atoms. The van der Waals surface area contributed by atoms with Crippen LogP contribution in [0.15, 0.2) is 16.6 Å². The average molecular weight is 245 g/mol. The molecule has 0 unspecified atom stereocenters. The van der Waals surface area contributed by atoms with E-state index in [4.69, 9.17) is 9.84 Å². The Balaban J connectivity index is 2.88. The first-order valence-corrected chi connectivity index (χ1v) is 4.95. The second-order valence-corrected chi connectivity index (χ2v) is 3.79. The first-order chi connectivity index (χ1) is 6.15. The summed E-state index contributed by atoms with van der Waals surface area (Å²) in [6.07, 6.45) is 0. The van der Waals surface area contributed by atoms with Crippen molar-refractivity contribution in [3.8, 4) is 5.75 Å². The van der Waals surface area contributed by atoms with E-state index in [2.05, 4.69) is 15.9 Å². The molecule has 1 rings (SSSR count). The van der Waals surface area contributed by atoms with Crippen molar-refractivity contribution in [2.24, 2.45) is 0 Å². The van der Waals surface area contributed by atoms with Gasteiger partial charge in [0.2, 0.25) is 0 Å². The predicted molar refractivity (Wildman–Crippen MR) is 56.2 cm³/mol. The van der Waals surface area contributed by atoms with Gasteiger partial charge in [-0.15, -0.1) is 0 Å². The molecule has 0 heterocycles. The van der Waals surface area contributed by atoms with Crippen molar-refractivity contribution in [2.45, 2.75) is 13.8 Å². The van der Waals surface area contributed by atoms with Crippen molar-refractivity contribution in [1.29, 1.82) is 0 Å². The number of halogens is 1. The average Bonchev–Trinajstić information content (AvgIpc) is 2.09. The highest BCUT2D eigenvalue weighted by atomic mass is 79.9. The van der Waals surface area contributed by atoms with Crippen LogP contribution in [-0.4, -0.2) is 18.3 Å². The summed E-state index contributed by atoms with van der Waals surface area (Å²) < 4.78 is 6.44. The zero-order valence-corrected chi connectivity index (χ0v) is 9.39. The van der Waals surface area contributed by atoms with Crippen molar-refractivity contribution in [2.75, 3.05) is 13.2 Å². The van der Waals surface area contributed by atoms with Crippen molar-refractivity contribution >= 4 is 15.9 Å². The monoisotopic (exact) mass is 244 g/mol. The molecule has 0 radical (unpaired) electrons. The van der Waals surface area contributed by atoms with Gasteiger partial charge in [0.05, 0.1) is 6.61 Å². The maximum absolute atomic E-state index is 8.61. The third-order valence-electron chi connectivity index (χ3n) is 1.81. The molecular weight excluding hydrogens is 232 g/mol. The molecule has 0 saturated heterocycles. The highest BCUT2D eigenvalue weighted by molar-refractivity contribution is 9.10. The maximum atomic E-state index is 8.61. The summed E-state index contributed by atoms with van der Waals surface area (Å²) in [6.45, 7) is 4.39. The van der Waals surface area contributed by atoms with E-state index >= 15 is 0 Å². The van der Waals surface area contributed by atoms with E-state index in [-0.39, 0.29) is 6.61 Å². The highest BCUT2D eigenvalue weighted by Gasteiger charge is 2.02. The number of hydrogen-bond acceptors (Lipinski definition) is 2. The van der Waals surface area contributed by atoms with E-state index in [1.54, 1.807) is 0 Å². The summed E-state index contributed by atoms with van der Waals surface area (Å²) in [5.41, 5.74) is 2.21. The van der Waals surface area contributed by atoms with Gasteiger partial charge in [0.1, 0.15) is 12.4 Å². The minimum Gasteiger partial charge on any atom is -0.491 e. The van der Waals surface area contributed by atoms with Crippen LogP contribution in [0.25, 0.3) is 0 Å². The topological polar surface area (TPSA) is 29.5 Å². The second-order valence-electron chi connectivity index (χ2n) is 2.94. The van der Waals surface area contributed by atoms with Gasteiger partial charge in [-0.25, -0.2) is 0 Å². The minimum absolute atomic E-state index is 0.0502. The fourth-order valence-corrected chi connectivity index (χ4v) is 1.52. The standard InChI is InChI=1S/C10H13BrO2/c1-7-6-10(13-4-3-12)8(2)5-9(7)11/h5-6,12H,3-4H2,1-2H3. The Hall–Kier alpha value is -0.540. The molecule has 1 aromatic carbocycles. The molecule has 0 atom stereocenters. The Morgan fingerprint density at radius 3 is 2.62 bits per heavy atom. The Bertz CT molecular complexity index is 297. The van der Waals surface area contributed by atoms with E-state index in [9.17, 15) is 0 Å². The lowest BCUT2D eigenvalue weighted by atomic mass is 10.1. The normalized spacial score (nSPS) is 10.2. The first kappa shape index (κ1) is 10.5. The van der Waals surface area contributed by atoms with Crippen LogP contribution in [0.3, 0.4) is 0 Å². The SMILES string of the molecule is Cc1cc(OCCO)c(C)cc1Br. The van der Waals surface area contributed by atoms with Gasteiger partial charge in [-0.2, -0.15) is 0 Å². The fraction of sp³-hybridized carbons (Fsp3) is 0.400. The van der Waals surface area contributed by atoms with Crippen molar-refractivity contribution in [3.63, 3.8) is 0 Å². The smallest absolute Gasteiger partial charge is 0.122 e. The molecule has 13 heavy (non-hydrogen) atoms. The molecule has 3 heteroatoms. The van der Waals surface area contributed by atoms with Gasteiger partial charge < -0.3 is 9.84 Å².